The summed E-state index contributed by atoms with van der Waals surface area (Å²) in [7, 11) is 0. The molecule has 0 unspecified atom stereocenters. The van der Waals surface area contributed by atoms with Gasteiger partial charge in [0.25, 0.3) is 0 Å². The second kappa shape index (κ2) is 10.8. The molecule has 0 radical (unpaired) electrons. The number of allylic oxidation sites excluding steroid dienone is 1. The summed E-state index contributed by atoms with van der Waals surface area (Å²) >= 11 is 0. The van der Waals surface area contributed by atoms with Crippen molar-refractivity contribution in [1.82, 2.24) is 4.57 Å². The molecule has 0 aliphatic heterocycles. The van der Waals surface area contributed by atoms with Gasteiger partial charge in [0, 0.05) is 49.8 Å². The van der Waals surface area contributed by atoms with E-state index >= 15 is 0 Å². The van der Waals surface area contributed by atoms with Crippen molar-refractivity contribution in [3.63, 3.8) is 0 Å². The van der Waals surface area contributed by atoms with Gasteiger partial charge in [-0.3, -0.25) is 0 Å². The first-order valence-corrected chi connectivity index (χ1v) is 15.8. The van der Waals surface area contributed by atoms with Gasteiger partial charge in [-0.25, -0.2) is 0 Å². The Balaban J connectivity index is 1.37. The maximum Gasteiger partial charge on any atom is 0.142 e. The largest absolute Gasteiger partial charge is 0.455 e. The molecule has 0 fully saturated rings. The van der Waals surface area contributed by atoms with Gasteiger partial charge in [0.1, 0.15) is 11.5 Å². The Morgan fingerprint density at radius 3 is 2.26 bits per heavy atom. The molecule has 0 saturated heterocycles. The fraction of sp³-hybridized carbons (Fsp3) is 0.0455. The minimum absolute atomic E-state index is 0.914. The van der Waals surface area contributed by atoms with E-state index in [1.165, 1.54) is 38.5 Å². The number of nitrogens with zero attached hydrogens (tertiary/aromatic N) is 1. The number of aromatic nitrogens is 1. The molecule has 0 N–H and O–H groups in total. The minimum Gasteiger partial charge on any atom is -0.455 e. The Morgan fingerprint density at radius 1 is 0.630 bits per heavy atom. The summed E-state index contributed by atoms with van der Waals surface area (Å²) in [6.45, 7) is 0. The maximum absolute atomic E-state index is 7.18. The average molecular weight is 588 g/mol. The number of benzene rings is 5. The molecular formula is C44H29NO. The molecule has 46 heavy (non-hydrogen) atoms. The first kappa shape index (κ1) is 26.4. The van der Waals surface area contributed by atoms with Gasteiger partial charge in [-0.05, 0) is 66.4 Å². The third-order valence-electron chi connectivity index (χ3n) is 9.14. The molecule has 0 amide bonds. The number of hydrogen-bond donors (Lipinski definition) is 0. The molecule has 2 nitrogen and oxygen atoms in total. The van der Waals surface area contributed by atoms with Crippen LogP contribution >= 0.6 is 0 Å². The maximum atomic E-state index is 7.18. The van der Waals surface area contributed by atoms with E-state index in [4.69, 9.17) is 4.42 Å². The van der Waals surface area contributed by atoms with Crippen LogP contribution in [0, 0.1) is 12.1 Å². The van der Waals surface area contributed by atoms with E-state index in [1.54, 1.807) is 0 Å². The van der Waals surface area contributed by atoms with Crippen molar-refractivity contribution < 1.29 is 4.42 Å². The van der Waals surface area contributed by atoms with E-state index in [9.17, 15) is 0 Å². The SMILES string of the molecule is c1cccc(-c2ccc3c(c2-c2oc(-c4cccc(-c5ccccc5)c4)c4c2CCC=C4)c2ccccc2n3-c2ccccc2)c#1. The summed E-state index contributed by atoms with van der Waals surface area (Å²) in [5.41, 5.74) is 12.5. The van der Waals surface area contributed by atoms with Crippen LogP contribution in [0.5, 0.6) is 0 Å². The van der Waals surface area contributed by atoms with Crippen molar-refractivity contribution in [3.8, 4) is 50.6 Å². The fourth-order valence-corrected chi connectivity index (χ4v) is 7.10. The van der Waals surface area contributed by atoms with Crippen molar-refractivity contribution in [2.24, 2.45) is 0 Å². The molecule has 0 atom stereocenters. The Labute approximate surface area is 268 Å². The topological polar surface area (TPSA) is 18.1 Å². The highest BCUT2D eigenvalue weighted by atomic mass is 16.3. The highest BCUT2D eigenvalue weighted by Gasteiger charge is 2.28. The number of fused-ring (bicyclic) bond motifs is 4. The molecular weight excluding hydrogens is 558 g/mol. The van der Waals surface area contributed by atoms with E-state index < -0.39 is 0 Å². The first-order chi connectivity index (χ1) is 22.8. The lowest BCUT2D eigenvalue weighted by Gasteiger charge is -2.13. The van der Waals surface area contributed by atoms with Crippen LogP contribution in [-0.2, 0) is 6.42 Å². The van der Waals surface area contributed by atoms with Crippen molar-refractivity contribution in [2.75, 3.05) is 0 Å². The first-order valence-electron chi connectivity index (χ1n) is 15.8. The number of furan rings is 1. The lowest BCUT2D eigenvalue weighted by Crippen LogP contribution is -1.96. The Morgan fingerprint density at radius 2 is 1.41 bits per heavy atom. The molecule has 2 heteroatoms. The molecule has 0 spiro atoms. The van der Waals surface area contributed by atoms with Gasteiger partial charge in [0.15, 0.2) is 0 Å². The highest BCUT2D eigenvalue weighted by molar-refractivity contribution is 6.18. The highest BCUT2D eigenvalue weighted by Crippen LogP contribution is 2.49. The van der Waals surface area contributed by atoms with Crippen LogP contribution in [0.15, 0.2) is 150 Å². The van der Waals surface area contributed by atoms with E-state index in [1.807, 2.05) is 12.1 Å². The van der Waals surface area contributed by atoms with Crippen molar-refractivity contribution >= 4 is 27.9 Å². The molecule has 8 aromatic rings. The molecule has 216 valence electrons. The molecule has 6 aromatic carbocycles. The molecule has 9 rings (SSSR count). The van der Waals surface area contributed by atoms with Crippen LogP contribution in [0.4, 0.5) is 0 Å². The third-order valence-corrected chi connectivity index (χ3v) is 9.14. The molecule has 2 heterocycles. The number of rotatable bonds is 5. The average Bonchev–Trinajstić information content (AvgIpc) is 3.69. The predicted octanol–water partition coefficient (Wildman–Crippen LogP) is 11.6. The van der Waals surface area contributed by atoms with Crippen LogP contribution in [0.1, 0.15) is 17.5 Å². The molecule has 1 aliphatic rings. The summed E-state index contributed by atoms with van der Waals surface area (Å²) in [6.07, 6.45) is 6.42. The summed E-state index contributed by atoms with van der Waals surface area (Å²) in [5.74, 6) is 1.85. The second-order valence-electron chi connectivity index (χ2n) is 11.8. The van der Waals surface area contributed by atoms with Gasteiger partial charge in [-0.1, -0.05) is 121 Å². The van der Waals surface area contributed by atoms with E-state index in [2.05, 4.69) is 156 Å². The summed E-state index contributed by atoms with van der Waals surface area (Å²) in [6, 6.07) is 55.8. The van der Waals surface area contributed by atoms with Crippen molar-refractivity contribution in [1.29, 1.82) is 0 Å². The molecule has 0 bridgehead atoms. The monoisotopic (exact) mass is 587 g/mol. The third kappa shape index (κ3) is 4.21. The van der Waals surface area contributed by atoms with Gasteiger partial charge in [-0.2, -0.15) is 0 Å². The molecule has 2 aromatic heterocycles. The van der Waals surface area contributed by atoms with Crippen LogP contribution in [0.3, 0.4) is 0 Å². The Hall–Kier alpha value is -6.04. The van der Waals surface area contributed by atoms with Crippen LogP contribution < -0.4 is 0 Å². The van der Waals surface area contributed by atoms with Gasteiger partial charge >= 0.3 is 0 Å². The summed E-state index contributed by atoms with van der Waals surface area (Å²) in [5, 5.41) is 2.38. The summed E-state index contributed by atoms with van der Waals surface area (Å²) in [4.78, 5) is 0. The van der Waals surface area contributed by atoms with E-state index in [0.29, 0.717) is 0 Å². The lowest BCUT2D eigenvalue weighted by atomic mass is 9.89. The molecule has 1 aliphatic carbocycles. The zero-order valence-corrected chi connectivity index (χ0v) is 25.2. The normalized spacial score (nSPS) is 12.3. The number of hydrogen-bond acceptors (Lipinski definition) is 1. The van der Waals surface area contributed by atoms with Gasteiger partial charge in [0.2, 0.25) is 0 Å². The standard InChI is InChI=1S/C44H29NO/c1-4-15-30(16-5-1)32-19-14-20-33(29-32)43-36-23-10-11-24-37(36)44(46-43)42-35(31-17-6-2-7-18-31)27-28-40-41(42)38-25-12-13-26-39(38)45(40)34-21-8-3-9-22-34/h1-6,8-10,12-17,19-23,25-29H,11,24H2. The van der Waals surface area contributed by atoms with Gasteiger partial charge in [-0.15, -0.1) is 0 Å². The van der Waals surface area contributed by atoms with E-state index in [-0.39, 0.29) is 0 Å². The van der Waals surface area contributed by atoms with Crippen LogP contribution in [-0.4, -0.2) is 4.57 Å². The Bertz CT molecular complexity index is 2390. The lowest BCUT2D eigenvalue weighted by molar-refractivity contribution is 0.595. The fourth-order valence-electron chi connectivity index (χ4n) is 7.10. The van der Waals surface area contributed by atoms with Crippen molar-refractivity contribution in [3.05, 3.63) is 169 Å². The van der Waals surface area contributed by atoms with E-state index in [0.717, 1.165) is 57.8 Å². The Kier molecular flexibility index (Phi) is 6.21. The van der Waals surface area contributed by atoms with Crippen LogP contribution in [0.2, 0.25) is 0 Å². The van der Waals surface area contributed by atoms with Crippen LogP contribution in [0.25, 0.3) is 78.5 Å². The molecule has 0 saturated carbocycles. The second-order valence-corrected chi connectivity index (χ2v) is 11.8. The zero-order chi connectivity index (χ0) is 30.5. The van der Waals surface area contributed by atoms with Crippen molar-refractivity contribution in [2.45, 2.75) is 12.8 Å². The minimum atomic E-state index is 0.914. The quantitative estimate of drug-likeness (QED) is 0.196. The van der Waals surface area contributed by atoms with Gasteiger partial charge < -0.3 is 8.98 Å². The smallest absolute Gasteiger partial charge is 0.142 e. The van der Waals surface area contributed by atoms with Gasteiger partial charge in [0.05, 0.1) is 11.0 Å². The number of para-hydroxylation sites is 2. The summed E-state index contributed by atoms with van der Waals surface area (Å²) < 4.78 is 9.55. The zero-order valence-electron chi connectivity index (χ0n) is 25.2. The predicted molar refractivity (Wildman–Crippen MR) is 190 cm³/mol.